The molecule has 1 fully saturated rings. The summed E-state index contributed by atoms with van der Waals surface area (Å²) in [6, 6.07) is 5.24. The predicted octanol–water partition coefficient (Wildman–Crippen LogP) is 2.46. The first-order valence-corrected chi connectivity index (χ1v) is 8.83. The number of rotatable bonds is 5. The fourth-order valence-corrected chi connectivity index (χ4v) is 3.22. The molecule has 0 spiro atoms. The summed E-state index contributed by atoms with van der Waals surface area (Å²) in [7, 11) is 1.59. The number of hydrogen-bond donors (Lipinski definition) is 1. The van der Waals surface area contributed by atoms with E-state index in [2.05, 4.69) is 15.3 Å². The number of ether oxygens (including phenoxy) is 1. The van der Waals surface area contributed by atoms with Crippen LogP contribution in [0.15, 0.2) is 30.5 Å². The molecule has 28 heavy (non-hydrogen) atoms. The highest BCUT2D eigenvalue weighted by atomic mass is 19.4. The number of piperazine rings is 1. The number of nitrogens with one attached hydrogen (secondary N) is 1. The fourth-order valence-electron chi connectivity index (χ4n) is 3.22. The maximum Gasteiger partial charge on any atom is 0.418 e. The highest BCUT2D eigenvalue weighted by Gasteiger charge is 2.37. The first-order chi connectivity index (χ1) is 13.3. The van der Waals surface area contributed by atoms with Gasteiger partial charge in [0.25, 0.3) is 0 Å². The first kappa shape index (κ1) is 20.2. The minimum absolute atomic E-state index is 0.0301. The van der Waals surface area contributed by atoms with Gasteiger partial charge in [-0.05, 0) is 31.2 Å². The van der Waals surface area contributed by atoms with Crippen LogP contribution in [0.5, 0.6) is 0 Å². The van der Waals surface area contributed by atoms with E-state index in [0.717, 1.165) is 6.07 Å². The Morgan fingerprint density at radius 3 is 2.82 bits per heavy atom. The molecule has 3 heterocycles. The van der Waals surface area contributed by atoms with Crippen molar-refractivity contribution in [2.24, 2.45) is 0 Å². The van der Waals surface area contributed by atoms with E-state index in [9.17, 15) is 18.0 Å². The number of aryl methyl sites for hydroxylation is 1. The number of pyridine rings is 2. The number of hydrogen-bond acceptors (Lipinski definition) is 6. The quantitative estimate of drug-likeness (QED) is 0.786. The van der Waals surface area contributed by atoms with Crippen LogP contribution in [0.2, 0.25) is 0 Å². The van der Waals surface area contributed by atoms with Crippen molar-refractivity contribution in [2.75, 3.05) is 38.3 Å². The number of anilines is 1. The lowest BCUT2D eigenvalue weighted by Crippen LogP contribution is -2.52. The molecule has 150 valence electrons. The molecule has 3 rings (SSSR count). The Kier molecular flexibility index (Phi) is 5.95. The van der Waals surface area contributed by atoms with E-state index >= 15 is 0 Å². The molecule has 1 N–H and O–H groups in total. The van der Waals surface area contributed by atoms with Gasteiger partial charge in [-0.1, -0.05) is 0 Å². The van der Waals surface area contributed by atoms with Gasteiger partial charge in [0.2, 0.25) is 5.78 Å². The number of carbonyl (C=O) groups is 1. The standard InChI is InChI=1S/C19H21F3N4O2/c1-12-14(4-3-7-23-12)18(27)17-15(19(20,21)22)5-6-16(25-17)26-9-8-24-13(10-26)11-28-2/h3-7,13,24H,8-11H2,1-2H3. The highest BCUT2D eigenvalue weighted by Crippen LogP contribution is 2.34. The lowest BCUT2D eigenvalue weighted by atomic mass is 10.0. The monoisotopic (exact) mass is 394 g/mol. The smallest absolute Gasteiger partial charge is 0.383 e. The Labute approximate surface area is 160 Å². The fraction of sp³-hybridized carbons (Fsp3) is 0.421. The van der Waals surface area contributed by atoms with Crippen LogP contribution < -0.4 is 10.2 Å². The third-order valence-electron chi connectivity index (χ3n) is 4.60. The summed E-state index contributed by atoms with van der Waals surface area (Å²) in [6.45, 7) is 3.78. The molecule has 1 atom stereocenters. The topological polar surface area (TPSA) is 67.3 Å². The lowest BCUT2D eigenvalue weighted by molar-refractivity contribution is -0.138. The minimum Gasteiger partial charge on any atom is -0.383 e. The van der Waals surface area contributed by atoms with Gasteiger partial charge in [0.05, 0.1) is 12.2 Å². The number of ketones is 1. The van der Waals surface area contributed by atoms with Crippen molar-refractivity contribution < 1.29 is 22.7 Å². The van der Waals surface area contributed by atoms with E-state index in [4.69, 9.17) is 4.74 Å². The maximum atomic E-state index is 13.5. The molecule has 0 saturated carbocycles. The van der Waals surface area contributed by atoms with Gasteiger partial charge in [0.15, 0.2) is 0 Å². The molecule has 0 bridgehead atoms. The summed E-state index contributed by atoms with van der Waals surface area (Å²) >= 11 is 0. The van der Waals surface area contributed by atoms with Crippen molar-refractivity contribution in [3.63, 3.8) is 0 Å². The molecular formula is C19H21F3N4O2. The summed E-state index contributed by atoms with van der Waals surface area (Å²) in [5.41, 5.74) is -1.19. The third-order valence-corrected chi connectivity index (χ3v) is 4.60. The second kappa shape index (κ2) is 8.24. The molecule has 0 radical (unpaired) electrons. The number of halogens is 3. The Bertz CT molecular complexity index is 855. The Balaban J connectivity index is 2.01. The van der Waals surface area contributed by atoms with Gasteiger partial charge in [-0.2, -0.15) is 13.2 Å². The second-order valence-electron chi connectivity index (χ2n) is 6.58. The third kappa shape index (κ3) is 4.31. The van der Waals surface area contributed by atoms with Crippen LogP contribution in [0.1, 0.15) is 27.3 Å². The maximum absolute atomic E-state index is 13.5. The van der Waals surface area contributed by atoms with Crippen LogP contribution in [0.4, 0.5) is 19.0 Å². The summed E-state index contributed by atoms with van der Waals surface area (Å²) in [5.74, 6) is -0.455. The largest absolute Gasteiger partial charge is 0.418 e. The zero-order valence-corrected chi connectivity index (χ0v) is 15.6. The second-order valence-corrected chi connectivity index (χ2v) is 6.58. The van der Waals surface area contributed by atoms with Gasteiger partial charge in [0.1, 0.15) is 11.5 Å². The molecule has 1 saturated heterocycles. The van der Waals surface area contributed by atoms with Crippen molar-refractivity contribution in [1.29, 1.82) is 0 Å². The minimum atomic E-state index is -4.69. The van der Waals surface area contributed by atoms with Crippen LogP contribution in [-0.4, -0.2) is 55.1 Å². The van der Waals surface area contributed by atoms with E-state index in [1.54, 1.807) is 14.0 Å². The van der Waals surface area contributed by atoms with Crippen molar-refractivity contribution in [1.82, 2.24) is 15.3 Å². The molecule has 2 aromatic heterocycles. The van der Waals surface area contributed by atoms with Crippen molar-refractivity contribution >= 4 is 11.6 Å². The van der Waals surface area contributed by atoms with E-state index < -0.39 is 23.2 Å². The average molecular weight is 394 g/mol. The van der Waals surface area contributed by atoms with E-state index in [1.165, 1.54) is 24.4 Å². The zero-order valence-electron chi connectivity index (χ0n) is 15.6. The van der Waals surface area contributed by atoms with E-state index in [1.807, 2.05) is 4.90 Å². The number of methoxy groups -OCH3 is 1. The Morgan fingerprint density at radius 1 is 1.36 bits per heavy atom. The van der Waals surface area contributed by atoms with Gasteiger partial charge >= 0.3 is 6.18 Å². The van der Waals surface area contributed by atoms with Crippen LogP contribution in [0.25, 0.3) is 0 Å². The Hall–Kier alpha value is -2.52. The van der Waals surface area contributed by atoms with Gasteiger partial charge in [-0.15, -0.1) is 0 Å². The molecule has 2 aromatic rings. The Morgan fingerprint density at radius 2 is 2.14 bits per heavy atom. The molecule has 9 heteroatoms. The molecule has 1 aliphatic rings. The summed E-state index contributed by atoms with van der Waals surface area (Å²) in [6.07, 6.45) is -3.20. The first-order valence-electron chi connectivity index (χ1n) is 8.83. The predicted molar refractivity (Wildman–Crippen MR) is 97.5 cm³/mol. The molecule has 1 unspecified atom stereocenters. The number of nitrogens with zero attached hydrogens (tertiary/aromatic N) is 3. The van der Waals surface area contributed by atoms with Gasteiger partial charge in [-0.25, -0.2) is 4.98 Å². The number of carbonyl (C=O) groups excluding carboxylic acids is 1. The van der Waals surface area contributed by atoms with Crippen molar-refractivity contribution in [3.05, 3.63) is 53.0 Å². The van der Waals surface area contributed by atoms with Gasteiger partial charge in [-0.3, -0.25) is 9.78 Å². The van der Waals surface area contributed by atoms with Crippen LogP contribution >= 0.6 is 0 Å². The SMILES string of the molecule is COCC1CN(c2ccc(C(F)(F)F)c(C(=O)c3cccnc3C)n2)CCN1. The van der Waals surface area contributed by atoms with Gasteiger partial charge < -0.3 is 15.0 Å². The molecular weight excluding hydrogens is 373 g/mol. The molecule has 1 aliphatic heterocycles. The van der Waals surface area contributed by atoms with Gasteiger partial charge in [0, 0.05) is 50.2 Å². The molecule has 0 aromatic carbocycles. The number of alkyl halides is 3. The lowest BCUT2D eigenvalue weighted by Gasteiger charge is -2.34. The average Bonchev–Trinajstić information content (AvgIpc) is 2.67. The molecule has 0 aliphatic carbocycles. The summed E-state index contributed by atoms with van der Waals surface area (Å²) < 4.78 is 45.7. The van der Waals surface area contributed by atoms with E-state index in [-0.39, 0.29) is 11.6 Å². The highest BCUT2D eigenvalue weighted by molar-refractivity contribution is 6.09. The molecule has 6 nitrogen and oxygen atoms in total. The summed E-state index contributed by atoms with van der Waals surface area (Å²) in [5, 5.41) is 3.28. The normalized spacial score (nSPS) is 17.6. The zero-order chi connectivity index (χ0) is 20.3. The van der Waals surface area contributed by atoms with Crippen LogP contribution in [0.3, 0.4) is 0 Å². The van der Waals surface area contributed by atoms with Crippen molar-refractivity contribution in [2.45, 2.75) is 19.1 Å². The van der Waals surface area contributed by atoms with Crippen LogP contribution in [-0.2, 0) is 10.9 Å². The van der Waals surface area contributed by atoms with E-state index in [0.29, 0.717) is 37.8 Å². The summed E-state index contributed by atoms with van der Waals surface area (Å²) in [4.78, 5) is 22.9. The van der Waals surface area contributed by atoms with Crippen LogP contribution in [0, 0.1) is 6.92 Å². The van der Waals surface area contributed by atoms with Crippen molar-refractivity contribution in [3.8, 4) is 0 Å². The number of aromatic nitrogens is 2. The molecule has 0 amide bonds.